The molecule has 1 aliphatic heterocycles. The Balaban J connectivity index is 2.43. The maximum absolute atomic E-state index is 12.1. The van der Waals surface area contributed by atoms with Crippen molar-refractivity contribution in [2.75, 3.05) is 19.7 Å². The summed E-state index contributed by atoms with van der Waals surface area (Å²) in [5, 5.41) is 0. The predicted octanol–water partition coefficient (Wildman–Crippen LogP) is 3.76. The van der Waals surface area contributed by atoms with E-state index in [0.717, 1.165) is 45.3 Å². The van der Waals surface area contributed by atoms with Crippen LogP contribution in [-0.4, -0.2) is 42.4 Å². The van der Waals surface area contributed by atoms with Crippen LogP contribution >= 0.6 is 0 Å². The minimum atomic E-state index is -0.441. The highest BCUT2D eigenvalue weighted by Crippen LogP contribution is 2.17. The first-order chi connectivity index (χ1) is 9.42. The van der Waals surface area contributed by atoms with Crippen LogP contribution in [0.2, 0.25) is 0 Å². The quantitative estimate of drug-likeness (QED) is 0.569. The van der Waals surface area contributed by atoms with Crippen molar-refractivity contribution >= 4 is 6.09 Å². The van der Waals surface area contributed by atoms with Crippen LogP contribution in [0, 0.1) is 0 Å². The molecule has 0 spiro atoms. The summed E-state index contributed by atoms with van der Waals surface area (Å²) in [6, 6.07) is 0. The smallest absolute Gasteiger partial charge is 0.410 e. The predicted molar refractivity (Wildman–Crippen MR) is 80.8 cm³/mol. The molecule has 0 N–H and O–H groups in total. The topological polar surface area (TPSA) is 38.8 Å². The molecule has 0 aromatic rings. The third-order valence-corrected chi connectivity index (χ3v) is 3.19. The summed E-state index contributed by atoms with van der Waals surface area (Å²) in [6.45, 7) is 11.5. The second kappa shape index (κ2) is 8.30. The Morgan fingerprint density at radius 1 is 1.40 bits per heavy atom. The van der Waals surface area contributed by atoms with Crippen molar-refractivity contribution in [3.8, 4) is 0 Å². The number of ether oxygens (including phenoxy) is 2. The molecule has 4 heteroatoms. The van der Waals surface area contributed by atoms with E-state index in [9.17, 15) is 4.79 Å². The molecule has 1 heterocycles. The molecule has 0 aromatic carbocycles. The van der Waals surface area contributed by atoms with Crippen molar-refractivity contribution in [1.82, 2.24) is 4.90 Å². The molecular formula is C16H29NO3. The monoisotopic (exact) mass is 283 g/mol. The zero-order valence-electron chi connectivity index (χ0n) is 13.2. The number of rotatable bonds is 5. The maximum Gasteiger partial charge on any atom is 0.410 e. The van der Waals surface area contributed by atoms with E-state index in [-0.39, 0.29) is 12.2 Å². The molecule has 1 atom stereocenters. The van der Waals surface area contributed by atoms with Crippen molar-refractivity contribution in [2.24, 2.45) is 0 Å². The number of carbonyl (C=O) groups excluding carboxylic acids is 1. The van der Waals surface area contributed by atoms with Crippen LogP contribution in [0.15, 0.2) is 12.7 Å². The van der Waals surface area contributed by atoms with Gasteiger partial charge in [-0.05, 0) is 52.9 Å². The Hall–Kier alpha value is -1.03. The van der Waals surface area contributed by atoms with Gasteiger partial charge in [0.1, 0.15) is 5.60 Å². The van der Waals surface area contributed by atoms with Crippen LogP contribution in [-0.2, 0) is 9.47 Å². The molecule has 0 saturated carbocycles. The van der Waals surface area contributed by atoms with Gasteiger partial charge < -0.3 is 14.4 Å². The highest BCUT2D eigenvalue weighted by atomic mass is 16.6. The van der Waals surface area contributed by atoms with Crippen LogP contribution in [0.5, 0.6) is 0 Å². The van der Waals surface area contributed by atoms with Crippen LogP contribution in [0.25, 0.3) is 0 Å². The lowest BCUT2D eigenvalue weighted by atomic mass is 10.2. The number of nitrogens with zero attached hydrogens (tertiary/aromatic N) is 1. The Morgan fingerprint density at radius 2 is 2.15 bits per heavy atom. The lowest BCUT2D eigenvalue weighted by Crippen LogP contribution is -2.41. The van der Waals surface area contributed by atoms with Crippen molar-refractivity contribution in [1.29, 1.82) is 0 Å². The average molecular weight is 283 g/mol. The summed E-state index contributed by atoms with van der Waals surface area (Å²) in [7, 11) is 0. The van der Waals surface area contributed by atoms with Gasteiger partial charge in [0.25, 0.3) is 0 Å². The van der Waals surface area contributed by atoms with E-state index in [1.807, 2.05) is 26.8 Å². The summed E-state index contributed by atoms with van der Waals surface area (Å²) in [6.07, 6.45) is 6.93. The maximum atomic E-state index is 12.1. The fourth-order valence-electron chi connectivity index (χ4n) is 2.21. The lowest BCUT2D eigenvalue weighted by Gasteiger charge is -2.28. The van der Waals surface area contributed by atoms with E-state index in [0.29, 0.717) is 6.54 Å². The van der Waals surface area contributed by atoms with Crippen molar-refractivity contribution in [3.05, 3.63) is 12.7 Å². The van der Waals surface area contributed by atoms with E-state index in [4.69, 9.17) is 9.47 Å². The van der Waals surface area contributed by atoms with E-state index >= 15 is 0 Å². The van der Waals surface area contributed by atoms with Crippen molar-refractivity contribution < 1.29 is 14.3 Å². The summed E-state index contributed by atoms with van der Waals surface area (Å²) in [5.41, 5.74) is -0.441. The molecule has 0 aromatic heterocycles. The first-order valence-corrected chi connectivity index (χ1v) is 7.63. The summed E-state index contributed by atoms with van der Waals surface area (Å²) >= 11 is 0. The van der Waals surface area contributed by atoms with Gasteiger partial charge in [0, 0.05) is 13.2 Å². The molecule has 4 nitrogen and oxygen atoms in total. The molecule has 1 rings (SSSR count). The number of hydrogen-bond acceptors (Lipinski definition) is 3. The summed E-state index contributed by atoms with van der Waals surface area (Å²) in [4.78, 5) is 13.9. The molecule has 116 valence electrons. The van der Waals surface area contributed by atoms with Gasteiger partial charge >= 0.3 is 6.09 Å². The lowest BCUT2D eigenvalue weighted by molar-refractivity contribution is 0.000847. The molecule has 0 radical (unpaired) electrons. The van der Waals surface area contributed by atoms with Gasteiger partial charge in [-0.15, -0.1) is 6.58 Å². The molecule has 0 aliphatic carbocycles. The Bertz CT molecular complexity index is 309. The van der Waals surface area contributed by atoms with Gasteiger partial charge in [0.2, 0.25) is 0 Å². The largest absolute Gasteiger partial charge is 0.444 e. The van der Waals surface area contributed by atoms with Crippen LogP contribution in [0.1, 0.15) is 52.9 Å². The normalized spacial score (nSPS) is 20.4. The number of likely N-dealkylation sites (tertiary alicyclic amines) is 1. The van der Waals surface area contributed by atoms with Gasteiger partial charge in [-0.2, -0.15) is 0 Å². The van der Waals surface area contributed by atoms with E-state index in [1.54, 1.807) is 4.90 Å². The van der Waals surface area contributed by atoms with Gasteiger partial charge in [-0.3, -0.25) is 0 Å². The third kappa shape index (κ3) is 6.94. The minimum absolute atomic E-state index is 0.134. The number of carbonyl (C=O) groups is 1. The van der Waals surface area contributed by atoms with Crippen molar-refractivity contribution in [2.45, 2.75) is 64.6 Å². The Morgan fingerprint density at radius 3 is 2.80 bits per heavy atom. The van der Waals surface area contributed by atoms with E-state index < -0.39 is 5.60 Å². The van der Waals surface area contributed by atoms with Crippen molar-refractivity contribution in [3.63, 3.8) is 0 Å². The SMILES string of the molecule is C=CCCCO[C@@H]1CCCCN(C(=O)OC(C)(C)C)C1. The number of hydrogen-bond donors (Lipinski definition) is 0. The molecular weight excluding hydrogens is 254 g/mol. The van der Waals surface area contributed by atoms with Gasteiger partial charge in [-0.1, -0.05) is 6.08 Å². The van der Waals surface area contributed by atoms with Gasteiger partial charge in [-0.25, -0.2) is 4.79 Å². The standard InChI is InChI=1S/C16H29NO3/c1-5-6-9-12-19-14-10-7-8-11-17(13-14)15(18)20-16(2,3)4/h5,14H,1,6-13H2,2-4H3/t14-/m1/s1. The summed E-state index contributed by atoms with van der Waals surface area (Å²) in [5.74, 6) is 0. The third-order valence-electron chi connectivity index (χ3n) is 3.19. The molecule has 1 amide bonds. The van der Waals surface area contributed by atoms with Crippen LogP contribution < -0.4 is 0 Å². The molecule has 20 heavy (non-hydrogen) atoms. The first-order valence-electron chi connectivity index (χ1n) is 7.63. The van der Waals surface area contributed by atoms with E-state index in [1.165, 1.54) is 0 Å². The highest BCUT2D eigenvalue weighted by Gasteiger charge is 2.26. The molecule has 1 aliphatic rings. The Labute approximate surface area is 123 Å². The first kappa shape index (κ1) is 17.0. The minimum Gasteiger partial charge on any atom is -0.444 e. The molecule has 1 fully saturated rings. The van der Waals surface area contributed by atoms with Gasteiger partial charge in [0.15, 0.2) is 0 Å². The summed E-state index contributed by atoms with van der Waals surface area (Å²) < 4.78 is 11.3. The second-order valence-corrected chi connectivity index (χ2v) is 6.35. The second-order valence-electron chi connectivity index (χ2n) is 6.35. The number of unbranched alkanes of at least 4 members (excludes halogenated alkanes) is 1. The molecule has 0 bridgehead atoms. The molecule has 0 unspecified atom stereocenters. The van der Waals surface area contributed by atoms with Gasteiger partial charge in [0.05, 0.1) is 12.6 Å². The number of allylic oxidation sites excluding steroid dienone is 1. The average Bonchev–Trinajstić information content (AvgIpc) is 2.58. The van der Waals surface area contributed by atoms with Crippen LogP contribution in [0.3, 0.4) is 0 Å². The zero-order valence-corrected chi connectivity index (χ0v) is 13.2. The molecule has 1 saturated heterocycles. The number of amides is 1. The zero-order chi connectivity index (χ0) is 15.0. The fraction of sp³-hybridized carbons (Fsp3) is 0.812. The Kier molecular flexibility index (Phi) is 7.06. The highest BCUT2D eigenvalue weighted by molar-refractivity contribution is 5.68. The fourth-order valence-corrected chi connectivity index (χ4v) is 2.21. The van der Waals surface area contributed by atoms with E-state index in [2.05, 4.69) is 6.58 Å². The van der Waals surface area contributed by atoms with Crippen LogP contribution in [0.4, 0.5) is 4.79 Å².